The Morgan fingerprint density at radius 1 is 0.759 bits per heavy atom. The fourth-order valence-electron chi connectivity index (χ4n) is 3.54. The van der Waals surface area contributed by atoms with Gasteiger partial charge < -0.3 is 4.74 Å². The lowest BCUT2D eigenvalue weighted by molar-refractivity contribution is 0.415. The Balaban J connectivity index is 1.61. The summed E-state index contributed by atoms with van der Waals surface area (Å²) < 4.78 is 5.33. The predicted molar refractivity (Wildman–Crippen MR) is 117 cm³/mol. The molecule has 0 aliphatic rings. The Morgan fingerprint density at radius 2 is 1.59 bits per heavy atom. The van der Waals surface area contributed by atoms with Crippen LogP contribution in [0.25, 0.3) is 44.5 Å². The zero-order chi connectivity index (χ0) is 19.8. The highest BCUT2D eigenvalue weighted by atomic mass is 16.5. The second-order valence-electron chi connectivity index (χ2n) is 7.04. The number of pyridine rings is 1. The van der Waals surface area contributed by atoms with Crippen LogP contribution in [0, 0.1) is 6.92 Å². The number of hydrogen-bond donors (Lipinski definition) is 0. The Bertz CT molecular complexity index is 1360. The van der Waals surface area contributed by atoms with Gasteiger partial charge in [0.25, 0.3) is 0 Å². The van der Waals surface area contributed by atoms with Gasteiger partial charge in [-0.2, -0.15) is 0 Å². The first-order valence-electron chi connectivity index (χ1n) is 9.49. The van der Waals surface area contributed by atoms with Crippen LogP contribution in [0.3, 0.4) is 0 Å². The monoisotopic (exact) mass is 377 g/mol. The van der Waals surface area contributed by atoms with Crippen molar-refractivity contribution in [1.82, 2.24) is 15.0 Å². The lowest BCUT2D eigenvalue weighted by Crippen LogP contribution is -1.96. The van der Waals surface area contributed by atoms with Crippen LogP contribution in [0.4, 0.5) is 0 Å². The molecule has 5 rings (SSSR count). The van der Waals surface area contributed by atoms with Crippen LogP contribution in [0.1, 0.15) is 5.56 Å². The molecular formula is C25H19N3O. The molecule has 2 heterocycles. The molecule has 4 heteroatoms. The van der Waals surface area contributed by atoms with Crippen LogP contribution >= 0.6 is 0 Å². The van der Waals surface area contributed by atoms with Gasteiger partial charge in [0.1, 0.15) is 11.4 Å². The van der Waals surface area contributed by atoms with Gasteiger partial charge in [-0.05, 0) is 53.6 Å². The van der Waals surface area contributed by atoms with Gasteiger partial charge in [-0.15, -0.1) is 0 Å². The molecule has 140 valence electrons. The molecule has 0 fully saturated rings. The largest absolute Gasteiger partial charge is 0.497 e. The van der Waals surface area contributed by atoms with Gasteiger partial charge in [0.2, 0.25) is 0 Å². The second kappa shape index (κ2) is 6.99. The van der Waals surface area contributed by atoms with Crippen molar-refractivity contribution in [3.63, 3.8) is 0 Å². The van der Waals surface area contributed by atoms with Gasteiger partial charge in [0.15, 0.2) is 5.82 Å². The fourth-order valence-corrected chi connectivity index (χ4v) is 3.54. The van der Waals surface area contributed by atoms with E-state index < -0.39 is 0 Å². The molecule has 0 saturated carbocycles. The minimum atomic E-state index is 0.635. The maximum atomic E-state index is 5.33. The molecule has 0 N–H and O–H groups in total. The van der Waals surface area contributed by atoms with Crippen molar-refractivity contribution in [2.24, 2.45) is 0 Å². The average molecular weight is 377 g/mol. The maximum absolute atomic E-state index is 5.33. The molecule has 29 heavy (non-hydrogen) atoms. The maximum Gasteiger partial charge on any atom is 0.178 e. The van der Waals surface area contributed by atoms with Crippen molar-refractivity contribution < 1.29 is 4.74 Å². The SMILES string of the molecule is COc1ccc2cc(-c3nc(-c4ncc5ccccc5n4)ccc3C)ccc2c1. The van der Waals surface area contributed by atoms with Crippen LogP contribution in [0.2, 0.25) is 0 Å². The van der Waals surface area contributed by atoms with E-state index in [9.17, 15) is 0 Å². The number of aryl methyl sites for hydroxylation is 1. The van der Waals surface area contributed by atoms with E-state index in [4.69, 9.17) is 14.7 Å². The Hall–Kier alpha value is -3.79. The molecule has 5 aromatic rings. The first kappa shape index (κ1) is 17.3. The third kappa shape index (κ3) is 3.19. The Kier molecular flexibility index (Phi) is 4.17. The topological polar surface area (TPSA) is 47.9 Å². The minimum Gasteiger partial charge on any atom is -0.497 e. The van der Waals surface area contributed by atoms with E-state index in [-0.39, 0.29) is 0 Å². The number of nitrogens with zero attached hydrogens (tertiary/aromatic N) is 3. The number of methoxy groups -OCH3 is 1. The number of rotatable bonds is 3. The highest BCUT2D eigenvalue weighted by Gasteiger charge is 2.10. The van der Waals surface area contributed by atoms with Crippen LogP contribution in [-0.4, -0.2) is 22.1 Å². The van der Waals surface area contributed by atoms with Gasteiger partial charge in [-0.3, -0.25) is 0 Å². The molecule has 0 radical (unpaired) electrons. The average Bonchev–Trinajstić information content (AvgIpc) is 2.78. The lowest BCUT2D eigenvalue weighted by Gasteiger charge is -2.10. The van der Waals surface area contributed by atoms with E-state index in [1.807, 2.05) is 48.7 Å². The first-order chi connectivity index (χ1) is 14.2. The van der Waals surface area contributed by atoms with Gasteiger partial charge in [-0.1, -0.05) is 42.5 Å². The molecule has 0 aliphatic carbocycles. The van der Waals surface area contributed by atoms with Crippen LogP contribution in [0.15, 0.2) is 79.0 Å². The molecule has 0 atom stereocenters. The van der Waals surface area contributed by atoms with E-state index in [2.05, 4.69) is 42.2 Å². The smallest absolute Gasteiger partial charge is 0.178 e. The van der Waals surface area contributed by atoms with E-state index in [1.54, 1.807) is 7.11 Å². The quantitative estimate of drug-likeness (QED) is 0.397. The third-order valence-corrected chi connectivity index (χ3v) is 5.14. The Labute approximate surface area is 168 Å². The zero-order valence-corrected chi connectivity index (χ0v) is 16.3. The van der Waals surface area contributed by atoms with Crippen LogP contribution in [0.5, 0.6) is 5.75 Å². The number of fused-ring (bicyclic) bond motifs is 2. The van der Waals surface area contributed by atoms with Crippen molar-refractivity contribution in [2.45, 2.75) is 6.92 Å². The van der Waals surface area contributed by atoms with Gasteiger partial charge >= 0.3 is 0 Å². The predicted octanol–water partition coefficient (Wildman–Crippen LogP) is 5.83. The van der Waals surface area contributed by atoms with E-state index >= 15 is 0 Å². The molecule has 3 aromatic carbocycles. The van der Waals surface area contributed by atoms with Gasteiger partial charge in [0.05, 0.1) is 18.3 Å². The van der Waals surface area contributed by atoms with E-state index in [1.165, 1.54) is 0 Å². The number of ether oxygens (including phenoxy) is 1. The van der Waals surface area contributed by atoms with E-state index in [0.717, 1.165) is 49.9 Å². The van der Waals surface area contributed by atoms with Crippen molar-refractivity contribution in [2.75, 3.05) is 7.11 Å². The summed E-state index contributed by atoms with van der Waals surface area (Å²) in [5.74, 6) is 1.49. The zero-order valence-electron chi connectivity index (χ0n) is 16.3. The van der Waals surface area contributed by atoms with Gasteiger partial charge in [-0.25, -0.2) is 15.0 Å². The summed E-state index contributed by atoms with van der Waals surface area (Å²) in [5.41, 5.74) is 4.81. The summed E-state index contributed by atoms with van der Waals surface area (Å²) in [7, 11) is 1.68. The van der Waals surface area contributed by atoms with Gasteiger partial charge in [0, 0.05) is 17.1 Å². The van der Waals surface area contributed by atoms with E-state index in [0.29, 0.717) is 5.82 Å². The summed E-state index contributed by atoms with van der Waals surface area (Å²) in [4.78, 5) is 14.1. The lowest BCUT2D eigenvalue weighted by atomic mass is 10.0. The second-order valence-corrected chi connectivity index (χ2v) is 7.04. The summed E-state index contributed by atoms with van der Waals surface area (Å²) >= 11 is 0. The van der Waals surface area contributed by atoms with Crippen molar-refractivity contribution >= 4 is 21.7 Å². The molecule has 0 bridgehead atoms. The molecule has 2 aromatic heterocycles. The van der Waals surface area contributed by atoms with Crippen LogP contribution < -0.4 is 4.74 Å². The fraction of sp³-hybridized carbons (Fsp3) is 0.0800. The number of aromatic nitrogens is 3. The third-order valence-electron chi connectivity index (χ3n) is 5.14. The first-order valence-corrected chi connectivity index (χ1v) is 9.49. The molecule has 4 nitrogen and oxygen atoms in total. The number of hydrogen-bond acceptors (Lipinski definition) is 4. The molecule has 0 unspecified atom stereocenters. The minimum absolute atomic E-state index is 0.635. The standard InChI is InChI=1S/C25H19N3O/c1-16-7-12-23(25-26-15-20-5-3-4-6-22(20)28-25)27-24(16)19-9-8-18-14-21(29-2)11-10-17(18)13-19/h3-15H,1-2H3. The highest BCUT2D eigenvalue weighted by molar-refractivity contribution is 5.88. The van der Waals surface area contributed by atoms with Crippen molar-refractivity contribution in [1.29, 1.82) is 0 Å². The van der Waals surface area contributed by atoms with Crippen LogP contribution in [-0.2, 0) is 0 Å². The summed E-state index contributed by atoms with van der Waals surface area (Å²) in [6, 6.07) is 24.5. The number of para-hydroxylation sites is 1. The normalized spacial score (nSPS) is 11.1. The summed E-state index contributed by atoms with van der Waals surface area (Å²) in [6.45, 7) is 2.07. The number of benzene rings is 3. The molecule has 0 aliphatic heterocycles. The van der Waals surface area contributed by atoms with Crippen molar-refractivity contribution in [3.05, 3.63) is 84.6 Å². The summed E-state index contributed by atoms with van der Waals surface area (Å²) in [5, 5.41) is 3.31. The molecular weight excluding hydrogens is 358 g/mol. The molecule has 0 amide bonds. The Morgan fingerprint density at radius 3 is 2.48 bits per heavy atom. The molecule has 0 spiro atoms. The van der Waals surface area contributed by atoms with Crippen molar-refractivity contribution in [3.8, 4) is 28.5 Å². The highest BCUT2D eigenvalue weighted by Crippen LogP contribution is 2.29. The summed E-state index contributed by atoms with van der Waals surface area (Å²) in [6.07, 6.45) is 1.85. The molecule has 0 saturated heterocycles.